The first-order valence-electron chi connectivity index (χ1n) is 9.93. The first-order chi connectivity index (χ1) is 14.9. The van der Waals surface area contributed by atoms with Gasteiger partial charge in [0.25, 0.3) is 0 Å². The molecule has 3 rings (SSSR count). The molecule has 1 aliphatic heterocycles. The molecule has 2 aromatic carbocycles. The zero-order chi connectivity index (χ0) is 22.5. The van der Waals surface area contributed by atoms with Gasteiger partial charge in [-0.2, -0.15) is 0 Å². The van der Waals surface area contributed by atoms with Crippen molar-refractivity contribution < 1.29 is 28.9 Å². The van der Waals surface area contributed by atoms with Crippen molar-refractivity contribution in [1.82, 2.24) is 4.90 Å². The number of carbonyl (C=O) groups excluding carboxylic acids is 1. The smallest absolute Gasteiger partial charge is 0.309 e. The summed E-state index contributed by atoms with van der Waals surface area (Å²) in [5.41, 5.74) is 3.32. The van der Waals surface area contributed by atoms with E-state index in [0.717, 1.165) is 23.2 Å². The van der Waals surface area contributed by atoms with Crippen molar-refractivity contribution in [3.05, 3.63) is 59.2 Å². The highest BCUT2D eigenvalue weighted by atomic mass is 16.5. The number of nitrogens with zero attached hydrogens (tertiary/aromatic N) is 1. The maximum Gasteiger partial charge on any atom is 0.309 e. The van der Waals surface area contributed by atoms with Crippen LogP contribution in [0.4, 0.5) is 0 Å². The molecule has 0 aliphatic carbocycles. The number of hydrogen-bond donors (Lipinski definition) is 1. The van der Waals surface area contributed by atoms with Crippen LogP contribution in [0.15, 0.2) is 42.5 Å². The number of ketones is 1. The molecule has 1 N–H and O–H groups in total. The van der Waals surface area contributed by atoms with Crippen molar-refractivity contribution in [3.63, 3.8) is 0 Å². The third-order valence-corrected chi connectivity index (χ3v) is 5.42. The van der Waals surface area contributed by atoms with Crippen molar-refractivity contribution in [2.75, 3.05) is 34.4 Å². The van der Waals surface area contributed by atoms with E-state index in [2.05, 4.69) is 4.90 Å². The van der Waals surface area contributed by atoms with E-state index in [-0.39, 0.29) is 11.7 Å². The van der Waals surface area contributed by atoms with Gasteiger partial charge in [-0.25, -0.2) is 0 Å². The van der Waals surface area contributed by atoms with Gasteiger partial charge in [0.05, 0.1) is 27.2 Å². The fourth-order valence-electron chi connectivity index (χ4n) is 3.57. The van der Waals surface area contributed by atoms with Crippen LogP contribution in [0, 0.1) is 5.92 Å². The Morgan fingerprint density at radius 2 is 1.58 bits per heavy atom. The van der Waals surface area contributed by atoms with Gasteiger partial charge in [0.15, 0.2) is 17.3 Å². The van der Waals surface area contributed by atoms with Crippen LogP contribution >= 0.6 is 0 Å². The molecule has 2 aromatic rings. The Balaban J connectivity index is 1.71. The number of benzene rings is 2. The number of ether oxygens (including phenoxy) is 3. The number of aliphatic carboxylic acids is 1. The van der Waals surface area contributed by atoms with Gasteiger partial charge in [-0.3, -0.25) is 14.5 Å². The van der Waals surface area contributed by atoms with Gasteiger partial charge in [-0.05, 0) is 41.8 Å². The minimum Gasteiger partial charge on any atom is -0.493 e. The van der Waals surface area contributed by atoms with Crippen molar-refractivity contribution in [3.8, 4) is 17.2 Å². The van der Waals surface area contributed by atoms with Gasteiger partial charge in [-0.15, -0.1) is 0 Å². The van der Waals surface area contributed by atoms with Crippen LogP contribution in [0.2, 0.25) is 0 Å². The standard InChI is InChI=1S/C24H27NO6/c1-15(9-20(26)18-10-21(29-2)23(31-4)22(11-18)30-3)17-7-5-16(6-8-17)12-25-13-19(14-25)24(27)28/h5-11,19H,12-14H2,1-4H3,(H,27,28)/b15-9+. The molecular formula is C24H27NO6. The molecule has 31 heavy (non-hydrogen) atoms. The van der Waals surface area contributed by atoms with Crippen LogP contribution < -0.4 is 14.2 Å². The summed E-state index contributed by atoms with van der Waals surface area (Å²) in [6.07, 6.45) is 1.59. The second-order valence-electron chi connectivity index (χ2n) is 7.53. The monoisotopic (exact) mass is 425 g/mol. The fourth-order valence-corrected chi connectivity index (χ4v) is 3.57. The highest BCUT2D eigenvalue weighted by Crippen LogP contribution is 2.38. The molecule has 7 nitrogen and oxygen atoms in total. The highest BCUT2D eigenvalue weighted by Gasteiger charge is 2.32. The van der Waals surface area contributed by atoms with Gasteiger partial charge < -0.3 is 19.3 Å². The van der Waals surface area contributed by atoms with E-state index in [4.69, 9.17) is 19.3 Å². The minimum absolute atomic E-state index is 0.166. The van der Waals surface area contributed by atoms with Gasteiger partial charge in [0.2, 0.25) is 5.75 Å². The zero-order valence-corrected chi connectivity index (χ0v) is 18.2. The molecule has 0 bridgehead atoms. The van der Waals surface area contributed by atoms with Crippen molar-refractivity contribution in [2.45, 2.75) is 13.5 Å². The fraction of sp³-hybridized carbons (Fsp3) is 0.333. The summed E-state index contributed by atoms with van der Waals surface area (Å²) in [6.45, 7) is 3.77. The van der Waals surface area contributed by atoms with E-state index in [0.29, 0.717) is 35.9 Å². The van der Waals surface area contributed by atoms with E-state index in [9.17, 15) is 9.59 Å². The van der Waals surface area contributed by atoms with Crippen LogP contribution in [0.25, 0.3) is 5.57 Å². The number of likely N-dealkylation sites (tertiary alicyclic amines) is 1. The third kappa shape index (κ3) is 5.06. The lowest BCUT2D eigenvalue weighted by Crippen LogP contribution is -2.49. The first kappa shape index (κ1) is 22.4. The Morgan fingerprint density at radius 3 is 2.06 bits per heavy atom. The molecule has 1 heterocycles. The summed E-state index contributed by atoms with van der Waals surface area (Å²) in [6, 6.07) is 11.2. The molecule has 0 amide bonds. The van der Waals surface area contributed by atoms with Crippen LogP contribution in [0.3, 0.4) is 0 Å². The van der Waals surface area contributed by atoms with E-state index in [1.54, 1.807) is 18.2 Å². The summed E-state index contributed by atoms with van der Waals surface area (Å²) in [7, 11) is 4.54. The Bertz CT molecular complexity index is 965. The average Bonchev–Trinajstić information content (AvgIpc) is 2.74. The molecule has 1 fully saturated rings. The Hall–Kier alpha value is -3.32. The Kier molecular flexibility index (Phi) is 6.97. The third-order valence-electron chi connectivity index (χ3n) is 5.42. The van der Waals surface area contributed by atoms with E-state index >= 15 is 0 Å². The van der Waals surface area contributed by atoms with E-state index in [1.165, 1.54) is 21.3 Å². The van der Waals surface area contributed by atoms with Gasteiger partial charge in [0.1, 0.15) is 0 Å². The largest absolute Gasteiger partial charge is 0.493 e. The Labute approximate surface area is 181 Å². The van der Waals surface area contributed by atoms with Crippen molar-refractivity contribution in [2.24, 2.45) is 5.92 Å². The quantitative estimate of drug-likeness (QED) is 0.486. The number of carboxylic acid groups (broad SMARTS) is 1. The number of methoxy groups -OCH3 is 3. The lowest BCUT2D eigenvalue weighted by atomic mass is 9.98. The minimum atomic E-state index is -0.732. The maximum absolute atomic E-state index is 12.8. The van der Waals surface area contributed by atoms with Crippen molar-refractivity contribution >= 4 is 17.3 Å². The molecule has 1 saturated heterocycles. The first-order valence-corrected chi connectivity index (χ1v) is 9.93. The molecule has 7 heteroatoms. The predicted octanol–water partition coefficient (Wildman–Crippen LogP) is 3.52. The molecule has 0 atom stereocenters. The van der Waals surface area contributed by atoms with Gasteiger partial charge in [-0.1, -0.05) is 24.3 Å². The summed E-state index contributed by atoms with van der Waals surface area (Å²) >= 11 is 0. The Morgan fingerprint density at radius 1 is 1.00 bits per heavy atom. The van der Waals surface area contributed by atoms with E-state index < -0.39 is 5.97 Å². The average molecular weight is 425 g/mol. The topological polar surface area (TPSA) is 85.3 Å². The summed E-state index contributed by atoms with van der Waals surface area (Å²) in [5.74, 6) is 0.138. The van der Waals surface area contributed by atoms with E-state index in [1.807, 2.05) is 31.2 Å². The number of carboxylic acids is 1. The van der Waals surface area contributed by atoms with Crippen LogP contribution in [-0.2, 0) is 11.3 Å². The highest BCUT2D eigenvalue weighted by molar-refractivity contribution is 6.09. The molecule has 0 radical (unpaired) electrons. The maximum atomic E-state index is 12.8. The number of rotatable bonds is 9. The lowest BCUT2D eigenvalue weighted by Gasteiger charge is -2.36. The molecule has 0 saturated carbocycles. The van der Waals surface area contributed by atoms with Crippen LogP contribution in [-0.4, -0.2) is 56.2 Å². The molecule has 0 aromatic heterocycles. The number of hydrogen-bond acceptors (Lipinski definition) is 6. The normalized spacial score (nSPS) is 14.6. The summed E-state index contributed by atoms with van der Waals surface area (Å²) in [5, 5.41) is 8.97. The molecule has 1 aliphatic rings. The van der Waals surface area contributed by atoms with Crippen LogP contribution in [0.1, 0.15) is 28.4 Å². The number of carbonyl (C=O) groups is 2. The second kappa shape index (κ2) is 9.66. The molecule has 0 unspecified atom stereocenters. The molecule has 0 spiro atoms. The van der Waals surface area contributed by atoms with Gasteiger partial charge >= 0.3 is 5.97 Å². The molecular weight excluding hydrogens is 398 g/mol. The predicted molar refractivity (Wildman–Crippen MR) is 117 cm³/mol. The second-order valence-corrected chi connectivity index (χ2v) is 7.53. The lowest BCUT2D eigenvalue weighted by molar-refractivity contribution is -0.147. The van der Waals surface area contributed by atoms with Crippen molar-refractivity contribution in [1.29, 1.82) is 0 Å². The summed E-state index contributed by atoms with van der Waals surface area (Å²) in [4.78, 5) is 25.8. The zero-order valence-electron chi connectivity index (χ0n) is 18.2. The number of allylic oxidation sites excluding steroid dienone is 2. The van der Waals surface area contributed by atoms with Gasteiger partial charge in [0, 0.05) is 25.2 Å². The van der Waals surface area contributed by atoms with Crippen LogP contribution in [0.5, 0.6) is 17.2 Å². The molecule has 164 valence electrons. The SMILES string of the molecule is COc1cc(C(=O)/C=C(\C)c2ccc(CN3CC(C(=O)O)C3)cc2)cc(OC)c1OC. The summed E-state index contributed by atoms with van der Waals surface area (Å²) < 4.78 is 15.9.